The van der Waals surface area contributed by atoms with Gasteiger partial charge in [-0.3, -0.25) is 14.9 Å². The van der Waals surface area contributed by atoms with E-state index in [4.69, 9.17) is 0 Å². The Morgan fingerprint density at radius 2 is 2.05 bits per heavy atom. The van der Waals surface area contributed by atoms with Gasteiger partial charge in [-0.15, -0.1) is 0 Å². The fourth-order valence-corrected chi connectivity index (χ4v) is 1.50. The Balaban J connectivity index is 2.72. The van der Waals surface area contributed by atoms with Gasteiger partial charge in [0, 0.05) is 32.6 Å². The van der Waals surface area contributed by atoms with E-state index in [1.807, 2.05) is 6.92 Å². The molecule has 0 aliphatic heterocycles. The molecular formula is C12H19N5O3. The van der Waals surface area contributed by atoms with E-state index in [0.29, 0.717) is 18.9 Å². The molecule has 0 fully saturated rings. The standard InChI is InChI=1S/C12H19N5O3/c1-3-6-14-11-5-4-10(17(19)20)12(16-11)15-8-7-13-9(2)18/h4-5H,3,6-8H2,1-2H3,(H,13,18)(H2,14,15,16). The van der Waals surface area contributed by atoms with Gasteiger partial charge < -0.3 is 16.0 Å². The predicted octanol–water partition coefficient (Wildman–Crippen LogP) is 1.36. The SMILES string of the molecule is CCCNc1ccc([N+](=O)[O-])c(NCCNC(C)=O)n1. The third-order valence-corrected chi connectivity index (χ3v) is 2.42. The number of carbonyl (C=O) groups is 1. The summed E-state index contributed by atoms with van der Waals surface area (Å²) in [5.74, 6) is 0.633. The van der Waals surface area contributed by atoms with Crippen LogP contribution in [0.15, 0.2) is 12.1 Å². The minimum atomic E-state index is -0.489. The summed E-state index contributed by atoms with van der Waals surface area (Å²) in [6.07, 6.45) is 0.934. The van der Waals surface area contributed by atoms with Crippen LogP contribution in [0.5, 0.6) is 0 Å². The summed E-state index contributed by atoms with van der Waals surface area (Å²) < 4.78 is 0. The van der Waals surface area contributed by atoms with Gasteiger partial charge in [0.1, 0.15) is 5.82 Å². The highest BCUT2D eigenvalue weighted by atomic mass is 16.6. The van der Waals surface area contributed by atoms with E-state index in [-0.39, 0.29) is 17.4 Å². The quantitative estimate of drug-likeness (QED) is 0.377. The fraction of sp³-hybridized carbons (Fsp3) is 0.500. The Hall–Kier alpha value is -2.38. The van der Waals surface area contributed by atoms with Gasteiger partial charge in [0.25, 0.3) is 0 Å². The number of amides is 1. The van der Waals surface area contributed by atoms with Gasteiger partial charge in [-0.2, -0.15) is 0 Å². The molecule has 0 radical (unpaired) electrons. The van der Waals surface area contributed by atoms with Crippen LogP contribution in [0.1, 0.15) is 20.3 Å². The first-order valence-electron chi connectivity index (χ1n) is 6.42. The third-order valence-electron chi connectivity index (χ3n) is 2.42. The number of rotatable bonds is 8. The van der Waals surface area contributed by atoms with E-state index in [0.717, 1.165) is 13.0 Å². The summed E-state index contributed by atoms with van der Waals surface area (Å²) in [6, 6.07) is 2.98. The highest BCUT2D eigenvalue weighted by Crippen LogP contribution is 2.23. The van der Waals surface area contributed by atoms with Crippen molar-refractivity contribution in [3.8, 4) is 0 Å². The topological polar surface area (TPSA) is 109 Å². The molecule has 0 atom stereocenters. The average Bonchev–Trinajstić information content (AvgIpc) is 2.41. The monoisotopic (exact) mass is 281 g/mol. The highest BCUT2D eigenvalue weighted by molar-refractivity contribution is 5.72. The van der Waals surface area contributed by atoms with Gasteiger partial charge in [0.05, 0.1) is 4.92 Å². The molecule has 1 aromatic heterocycles. The number of nitrogens with zero attached hydrogens (tertiary/aromatic N) is 2. The summed E-state index contributed by atoms with van der Waals surface area (Å²) >= 11 is 0. The first-order valence-corrected chi connectivity index (χ1v) is 6.42. The number of hydrogen-bond donors (Lipinski definition) is 3. The molecule has 0 saturated heterocycles. The third kappa shape index (κ3) is 5.09. The van der Waals surface area contributed by atoms with Crippen molar-refractivity contribution in [2.75, 3.05) is 30.3 Å². The van der Waals surface area contributed by atoms with Crippen molar-refractivity contribution in [3.05, 3.63) is 22.2 Å². The molecule has 0 spiro atoms. The largest absolute Gasteiger partial charge is 0.370 e. The molecule has 1 amide bonds. The molecule has 1 aromatic rings. The molecule has 1 rings (SSSR count). The van der Waals surface area contributed by atoms with Crippen molar-refractivity contribution in [2.24, 2.45) is 0 Å². The lowest BCUT2D eigenvalue weighted by molar-refractivity contribution is -0.384. The number of anilines is 2. The maximum Gasteiger partial charge on any atom is 0.311 e. The Bertz CT molecular complexity index is 478. The van der Waals surface area contributed by atoms with E-state index < -0.39 is 4.92 Å². The maximum absolute atomic E-state index is 10.9. The lowest BCUT2D eigenvalue weighted by atomic mass is 10.3. The molecule has 0 aromatic carbocycles. The number of nitro groups is 1. The second-order valence-corrected chi connectivity index (χ2v) is 4.16. The van der Waals surface area contributed by atoms with Crippen molar-refractivity contribution < 1.29 is 9.72 Å². The van der Waals surface area contributed by atoms with Crippen molar-refractivity contribution in [1.82, 2.24) is 10.3 Å². The molecule has 0 aliphatic rings. The van der Waals surface area contributed by atoms with Gasteiger partial charge in [-0.1, -0.05) is 6.92 Å². The number of aromatic nitrogens is 1. The zero-order valence-electron chi connectivity index (χ0n) is 11.6. The summed E-state index contributed by atoms with van der Waals surface area (Å²) in [5, 5.41) is 19.4. The molecule has 0 aliphatic carbocycles. The molecule has 0 bridgehead atoms. The minimum Gasteiger partial charge on any atom is -0.370 e. The van der Waals surface area contributed by atoms with Crippen LogP contribution in [0.4, 0.5) is 17.3 Å². The molecule has 20 heavy (non-hydrogen) atoms. The Kier molecular flexibility index (Phi) is 6.21. The Morgan fingerprint density at radius 3 is 2.65 bits per heavy atom. The van der Waals surface area contributed by atoms with Gasteiger partial charge in [0.15, 0.2) is 0 Å². The van der Waals surface area contributed by atoms with E-state index in [2.05, 4.69) is 20.9 Å². The zero-order valence-corrected chi connectivity index (χ0v) is 11.6. The summed E-state index contributed by atoms with van der Waals surface area (Å²) in [7, 11) is 0. The van der Waals surface area contributed by atoms with Crippen LogP contribution in [-0.2, 0) is 4.79 Å². The van der Waals surface area contributed by atoms with Crippen LogP contribution in [0, 0.1) is 10.1 Å². The van der Waals surface area contributed by atoms with Gasteiger partial charge in [0.2, 0.25) is 11.7 Å². The zero-order chi connectivity index (χ0) is 15.0. The van der Waals surface area contributed by atoms with Crippen molar-refractivity contribution in [2.45, 2.75) is 20.3 Å². The van der Waals surface area contributed by atoms with Crippen LogP contribution in [-0.4, -0.2) is 35.4 Å². The molecule has 8 nitrogen and oxygen atoms in total. The summed E-state index contributed by atoms with van der Waals surface area (Å²) in [6.45, 7) is 4.92. The van der Waals surface area contributed by atoms with Gasteiger partial charge in [-0.05, 0) is 12.5 Å². The predicted molar refractivity (Wildman–Crippen MR) is 76.8 cm³/mol. The normalized spacial score (nSPS) is 9.90. The first-order chi connectivity index (χ1) is 9.54. The smallest absolute Gasteiger partial charge is 0.311 e. The molecule has 110 valence electrons. The van der Waals surface area contributed by atoms with E-state index >= 15 is 0 Å². The number of carbonyl (C=O) groups excluding carboxylic acids is 1. The van der Waals surface area contributed by atoms with Crippen LogP contribution in [0.25, 0.3) is 0 Å². The molecular weight excluding hydrogens is 262 g/mol. The average molecular weight is 281 g/mol. The molecule has 0 saturated carbocycles. The second-order valence-electron chi connectivity index (χ2n) is 4.16. The maximum atomic E-state index is 10.9. The van der Waals surface area contributed by atoms with E-state index in [1.54, 1.807) is 6.07 Å². The van der Waals surface area contributed by atoms with Gasteiger partial charge in [-0.25, -0.2) is 4.98 Å². The summed E-state index contributed by atoms with van der Waals surface area (Å²) in [4.78, 5) is 25.3. The van der Waals surface area contributed by atoms with Crippen LogP contribution in [0.2, 0.25) is 0 Å². The van der Waals surface area contributed by atoms with Crippen molar-refractivity contribution >= 4 is 23.2 Å². The molecule has 1 heterocycles. The minimum absolute atomic E-state index is 0.0881. The molecule has 3 N–H and O–H groups in total. The molecule has 8 heteroatoms. The van der Waals surface area contributed by atoms with E-state index in [1.165, 1.54) is 13.0 Å². The number of nitrogens with one attached hydrogen (secondary N) is 3. The van der Waals surface area contributed by atoms with Crippen LogP contribution < -0.4 is 16.0 Å². The first kappa shape index (κ1) is 15.7. The van der Waals surface area contributed by atoms with Crippen LogP contribution in [0.3, 0.4) is 0 Å². The fourth-order valence-electron chi connectivity index (χ4n) is 1.50. The lowest BCUT2D eigenvalue weighted by Crippen LogP contribution is -2.26. The molecule has 0 unspecified atom stereocenters. The number of hydrogen-bond acceptors (Lipinski definition) is 6. The highest BCUT2D eigenvalue weighted by Gasteiger charge is 2.15. The Morgan fingerprint density at radius 1 is 1.30 bits per heavy atom. The summed E-state index contributed by atoms with van der Waals surface area (Å²) in [5.41, 5.74) is -0.0881. The van der Waals surface area contributed by atoms with Crippen molar-refractivity contribution in [3.63, 3.8) is 0 Å². The van der Waals surface area contributed by atoms with E-state index in [9.17, 15) is 14.9 Å². The second kappa shape index (κ2) is 7.93. The number of pyridine rings is 1. The Labute approximate surface area is 117 Å². The lowest BCUT2D eigenvalue weighted by Gasteiger charge is -2.09. The van der Waals surface area contributed by atoms with Crippen molar-refractivity contribution in [1.29, 1.82) is 0 Å². The van der Waals surface area contributed by atoms with Gasteiger partial charge >= 0.3 is 5.69 Å². The van der Waals surface area contributed by atoms with Crippen LogP contribution >= 0.6 is 0 Å².